The molecule has 0 spiro atoms. The van der Waals surface area contributed by atoms with Gasteiger partial charge in [0, 0.05) is 13.1 Å². The molecule has 0 aliphatic rings. The van der Waals surface area contributed by atoms with Crippen molar-refractivity contribution in [1.29, 1.82) is 0 Å². The van der Waals surface area contributed by atoms with Crippen molar-refractivity contribution < 1.29 is 9.53 Å². The number of ether oxygens (including phenoxy) is 1. The maximum absolute atomic E-state index is 11.4. The Balaban J connectivity index is 2.80. The first-order valence-corrected chi connectivity index (χ1v) is 6.71. The summed E-state index contributed by atoms with van der Waals surface area (Å²) in [5, 5.41) is 5.95. The van der Waals surface area contributed by atoms with Gasteiger partial charge in [0.1, 0.15) is 5.75 Å². The van der Waals surface area contributed by atoms with E-state index in [0.29, 0.717) is 6.04 Å². The molecule has 106 valence electrons. The van der Waals surface area contributed by atoms with E-state index in [4.69, 9.17) is 4.74 Å². The quantitative estimate of drug-likeness (QED) is 0.828. The normalized spacial score (nSPS) is 13.7. The number of benzene rings is 1. The van der Waals surface area contributed by atoms with Crippen LogP contribution in [0.3, 0.4) is 0 Å². The SMILES string of the molecule is CCNC(C)c1ccc(OC(C)C(=O)NC)c(C)c1. The molecule has 0 bridgehead atoms. The van der Waals surface area contributed by atoms with Crippen molar-refractivity contribution in [3.05, 3.63) is 29.3 Å². The smallest absolute Gasteiger partial charge is 0.260 e. The number of amides is 1. The number of carbonyl (C=O) groups excluding carboxylic acids is 1. The van der Waals surface area contributed by atoms with Gasteiger partial charge >= 0.3 is 0 Å². The Kier molecular flexibility index (Phi) is 5.83. The predicted octanol–water partition coefficient (Wildman–Crippen LogP) is 2.18. The van der Waals surface area contributed by atoms with Crippen LogP contribution in [0.5, 0.6) is 5.75 Å². The topological polar surface area (TPSA) is 50.4 Å². The molecule has 2 atom stereocenters. The Morgan fingerprint density at radius 1 is 1.37 bits per heavy atom. The molecule has 2 N–H and O–H groups in total. The van der Waals surface area contributed by atoms with Crippen molar-refractivity contribution in [3.63, 3.8) is 0 Å². The van der Waals surface area contributed by atoms with Gasteiger partial charge in [-0.1, -0.05) is 19.1 Å². The molecule has 1 aromatic carbocycles. The van der Waals surface area contributed by atoms with Crippen molar-refractivity contribution in [1.82, 2.24) is 10.6 Å². The van der Waals surface area contributed by atoms with E-state index in [2.05, 4.69) is 30.5 Å². The molecule has 1 amide bonds. The molecule has 1 rings (SSSR count). The molecule has 0 aliphatic carbocycles. The molecule has 4 nitrogen and oxygen atoms in total. The molecular weight excluding hydrogens is 240 g/mol. The molecule has 1 aromatic rings. The zero-order valence-corrected chi connectivity index (χ0v) is 12.4. The molecule has 0 aromatic heterocycles. The van der Waals surface area contributed by atoms with E-state index >= 15 is 0 Å². The number of carbonyl (C=O) groups is 1. The van der Waals surface area contributed by atoms with Gasteiger partial charge in [-0.15, -0.1) is 0 Å². The standard InChI is InChI=1S/C15H24N2O2/c1-6-17-11(3)13-7-8-14(10(2)9-13)19-12(4)15(18)16-5/h7-9,11-12,17H,6H2,1-5H3,(H,16,18). The zero-order valence-electron chi connectivity index (χ0n) is 12.4. The van der Waals surface area contributed by atoms with Gasteiger partial charge in [-0.3, -0.25) is 4.79 Å². The Morgan fingerprint density at radius 2 is 2.05 bits per heavy atom. The first-order valence-electron chi connectivity index (χ1n) is 6.71. The van der Waals surface area contributed by atoms with Gasteiger partial charge in [0.25, 0.3) is 5.91 Å². The fourth-order valence-corrected chi connectivity index (χ4v) is 1.95. The first kappa shape index (κ1) is 15.5. The van der Waals surface area contributed by atoms with Gasteiger partial charge in [-0.25, -0.2) is 0 Å². The molecular formula is C15H24N2O2. The largest absolute Gasteiger partial charge is 0.481 e. The van der Waals surface area contributed by atoms with E-state index in [1.807, 2.05) is 19.1 Å². The van der Waals surface area contributed by atoms with Crippen LogP contribution in [0, 0.1) is 6.92 Å². The minimum absolute atomic E-state index is 0.121. The van der Waals surface area contributed by atoms with E-state index in [0.717, 1.165) is 17.9 Å². The van der Waals surface area contributed by atoms with Crippen LogP contribution in [-0.2, 0) is 4.79 Å². The lowest BCUT2D eigenvalue weighted by molar-refractivity contribution is -0.126. The second-order valence-electron chi connectivity index (χ2n) is 4.68. The summed E-state index contributed by atoms with van der Waals surface area (Å²) < 4.78 is 5.66. The van der Waals surface area contributed by atoms with E-state index in [1.165, 1.54) is 5.56 Å². The highest BCUT2D eigenvalue weighted by Gasteiger charge is 2.14. The summed E-state index contributed by atoms with van der Waals surface area (Å²) >= 11 is 0. The fraction of sp³-hybridized carbons (Fsp3) is 0.533. The Labute approximate surface area is 115 Å². The van der Waals surface area contributed by atoms with Crippen molar-refractivity contribution in [2.24, 2.45) is 0 Å². The van der Waals surface area contributed by atoms with Gasteiger partial charge < -0.3 is 15.4 Å². The monoisotopic (exact) mass is 264 g/mol. The maximum atomic E-state index is 11.4. The molecule has 0 aliphatic heterocycles. The van der Waals surface area contributed by atoms with Crippen molar-refractivity contribution >= 4 is 5.91 Å². The van der Waals surface area contributed by atoms with Gasteiger partial charge in [0.05, 0.1) is 0 Å². The molecule has 0 radical (unpaired) electrons. The minimum Gasteiger partial charge on any atom is -0.481 e. The minimum atomic E-state index is -0.485. The molecule has 0 fully saturated rings. The predicted molar refractivity (Wildman–Crippen MR) is 77.4 cm³/mol. The summed E-state index contributed by atoms with van der Waals surface area (Å²) in [7, 11) is 1.61. The summed E-state index contributed by atoms with van der Waals surface area (Å²) in [6.45, 7) is 8.89. The highest BCUT2D eigenvalue weighted by Crippen LogP contribution is 2.23. The van der Waals surface area contributed by atoms with Gasteiger partial charge in [-0.2, -0.15) is 0 Å². The first-order chi connectivity index (χ1) is 8.99. The number of hydrogen-bond acceptors (Lipinski definition) is 3. The van der Waals surface area contributed by atoms with Crippen LogP contribution in [0.4, 0.5) is 0 Å². The van der Waals surface area contributed by atoms with Gasteiger partial charge in [0.2, 0.25) is 0 Å². The molecule has 0 heterocycles. The average molecular weight is 264 g/mol. The highest BCUT2D eigenvalue weighted by molar-refractivity contribution is 5.80. The lowest BCUT2D eigenvalue weighted by Gasteiger charge is -2.18. The Morgan fingerprint density at radius 3 is 2.58 bits per heavy atom. The van der Waals surface area contributed by atoms with Crippen LogP contribution in [0.15, 0.2) is 18.2 Å². The molecule has 4 heteroatoms. The van der Waals surface area contributed by atoms with Gasteiger partial charge in [0.15, 0.2) is 6.10 Å². The Hall–Kier alpha value is -1.55. The molecule has 0 saturated heterocycles. The van der Waals surface area contributed by atoms with E-state index < -0.39 is 6.10 Å². The summed E-state index contributed by atoms with van der Waals surface area (Å²) in [6, 6.07) is 6.37. The summed E-state index contributed by atoms with van der Waals surface area (Å²) in [5.74, 6) is 0.632. The number of rotatable bonds is 6. The van der Waals surface area contributed by atoms with Crippen molar-refractivity contribution in [2.45, 2.75) is 39.8 Å². The van der Waals surface area contributed by atoms with Gasteiger partial charge in [-0.05, 0) is 44.5 Å². The van der Waals surface area contributed by atoms with Crippen molar-refractivity contribution in [3.8, 4) is 5.75 Å². The van der Waals surface area contributed by atoms with Crippen molar-refractivity contribution in [2.75, 3.05) is 13.6 Å². The second-order valence-corrected chi connectivity index (χ2v) is 4.68. The van der Waals surface area contributed by atoms with E-state index in [-0.39, 0.29) is 5.91 Å². The number of hydrogen-bond donors (Lipinski definition) is 2. The number of aryl methyl sites for hydroxylation is 1. The third-order valence-electron chi connectivity index (χ3n) is 3.13. The molecule has 2 unspecified atom stereocenters. The number of likely N-dealkylation sites (N-methyl/N-ethyl adjacent to an activating group) is 1. The van der Waals surface area contributed by atoms with Crippen LogP contribution in [-0.4, -0.2) is 25.6 Å². The fourth-order valence-electron chi connectivity index (χ4n) is 1.95. The third kappa shape index (κ3) is 4.24. The zero-order chi connectivity index (χ0) is 14.4. The average Bonchev–Trinajstić information content (AvgIpc) is 2.40. The van der Waals surface area contributed by atoms with Crippen LogP contribution in [0.25, 0.3) is 0 Å². The summed E-state index contributed by atoms with van der Waals surface area (Å²) in [6.07, 6.45) is -0.485. The van der Waals surface area contributed by atoms with Crippen LogP contribution in [0.2, 0.25) is 0 Å². The third-order valence-corrected chi connectivity index (χ3v) is 3.13. The molecule has 19 heavy (non-hydrogen) atoms. The van der Waals surface area contributed by atoms with E-state index in [9.17, 15) is 4.79 Å². The molecule has 0 saturated carbocycles. The summed E-state index contributed by atoms with van der Waals surface area (Å²) in [5.41, 5.74) is 2.26. The Bertz CT molecular complexity index is 432. The second kappa shape index (κ2) is 7.14. The van der Waals surface area contributed by atoms with E-state index in [1.54, 1.807) is 14.0 Å². The van der Waals surface area contributed by atoms with Crippen LogP contribution < -0.4 is 15.4 Å². The van der Waals surface area contributed by atoms with Crippen LogP contribution in [0.1, 0.15) is 37.9 Å². The lowest BCUT2D eigenvalue weighted by atomic mass is 10.0. The summed E-state index contributed by atoms with van der Waals surface area (Å²) in [4.78, 5) is 11.4. The van der Waals surface area contributed by atoms with Crippen LogP contribution >= 0.6 is 0 Å². The highest BCUT2D eigenvalue weighted by atomic mass is 16.5. The maximum Gasteiger partial charge on any atom is 0.260 e. The lowest BCUT2D eigenvalue weighted by Crippen LogP contribution is -2.33. The number of nitrogens with one attached hydrogen (secondary N) is 2.